The van der Waals surface area contributed by atoms with Crippen molar-refractivity contribution in [3.63, 3.8) is 0 Å². The molecule has 0 fully saturated rings. The van der Waals surface area contributed by atoms with Crippen molar-refractivity contribution >= 4 is 15.9 Å². The second-order valence-electron chi connectivity index (χ2n) is 4.47. The van der Waals surface area contributed by atoms with Crippen molar-refractivity contribution in [3.05, 3.63) is 64.1 Å². The Bertz CT molecular complexity index is 578. The molecule has 0 radical (unpaired) electrons. The van der Waals surface area contributed by atoms with Crippen molar-refractivity contribution < 1.29 is 13.5 Å². The van der Waals surface area contributed by atoms with Crippen LogP contribution in [0.15, 0.2) is 53.0 Å². The van der Waals surface area contributed by atoms with Gasteiger partial charge in [-0.2, -0.15) is 8.78 Å². The fourth-order valence-corrected chi connectivity index (χ4v) is 2.35. The third-order valence-electron chi connectivity index (χ3n) is 3.06. The summed E-state index contributed by atoms with van der Waals surface area (Å²) in [6.07, 6.45) is 0.563. The summed E-state index contributed by atoms with van der Waals surface area (Å²) >= 11 is 3.37. The van der Waals surface area contributed by atoms with Crippen LogP contribution in [0.3, 0.4) is 0 Å². The molecule has 0 bridgehead atoms. The highest BCUT2D eigenvalue weighted by molar-refractivity contribution is 9.10. The fraction of sp³-hybridized carbons (Fsp3) is 0.200. The Labute approximate surface area is 130 Å². The minimum absolute atomic E-state index is 0.132. The van der Waals surface area contributed by atoms with E-state index in [0.717, 1.165) is 10.0 Å². The lowest BCUT2D eigenvalue weighted by molar-refractivity contribution is -0.0507. The number of hydrazine groups is 1. The molecule has 0 aliphatic heterocycles. The van der Waals surface area contributed by atoms with E-state index >= 15 is 0 Å². The molecule has 6 heteroatoms. The molecular weight excluding hydrogens is 342 g/mol. The number of nitrogens with one attached hydrogen (secondary N) is 1. The summed E-state index contributed by atoms with van der Waals surface area (Å²) in [7, 11) is 0. The van der Waals surface area contributed by atoms with E-state index in [1.54, 1.807) is 18.2 Å². The van der Waals surface area contributed by atoms with Crippen LogP contribution in [-0.4, -0.2) is 6.61 Å². The molecule has 0 amide bonds. The van der Waals surface area contributed by atoms with Gasteiger partial charge in [0.1, 0.15) is 5.75 Å². The predicted octanol–water partition coefficient (Wildman–Crippen LogP) is 3.80. The van der Waals surface area contributed by atoms with Crippen LogP contribution in [0.4, 0.5) is 8.78 Å². The lowest BCUT2D eigenvalue weighted by atomic mass is 9.98. The van der Waals surface area contributed by atoms with Crippen LogP contribution in [0, 0.1) is 0 Å². The van der Waals surface area contributed by atoms with Gasteiger partial charge in [0.15, 0.2) is 0 Å². The zero-order chi connectivity index (χ0) is 15.2. The normalized spacial score (nSPS) is 12.4. The van der Waals surface area contributed by atoms with Gasteiger partial charge in [-0.1, -0.05) is 46.3 Å². The van der Waals surface area contributed by atoms with Crippen LogP contribution in [0.5, 0.6) is 5.75 Å². The third kappa shape index (κ3) is 4.49. The smallest absolute Gasteiger partial charge is 0.387 e. The van der Waals surface area contributed by atoms with E-state index in [0.29, 0.717) is 12.0 Å². The number of nitrogens with two attached hydrogens (primary N) is 1. The highest BCUT2D eigenvalue weighted by Crippen LogP contribution is 2.28. The molecule has 2 aromatic carbocycles. The molecule has 0 aromatic heterocycles. The first kappa shape index (κ1) is 15.9. The Hall–Kier alpha value is -1.50. The summed E-state index contributed by atoms with van der Waals surface area (Å²) in [4.78, 5) is 0. The van der Waals surface area contributed by atoms with Crippen molar-refractivity contribution in [1.29, 1.82) is 0 Å². The molecule has 0 saturated carbocycles. The molecule has 0 spiro atoms. The van der Waals surface area contributed by atoms with E-state index in [4.69, 9.17) is 5.84 Å². The molecule has 112 valence electrons. The van der Waals surface area contributed by atoms with Crippen molar-refractivity contribution in [3.8, 4) is 5.75 Å². The van der Waals surface area contributed by atoms with Gasteiger partial charge >= 0.3 is 6.61 Å². The molecule has 2 aromatic rings. The number of hydrogen-bond donors (Lipinski definition) is 2. The summed E-state index contributed by atoms with van der Waals surface area (Å²) in [5.74, 6) is 5.71. The van der Waals surface area contributed by atoms with Crippen LogP contribution in [0.25, 0.3) is 0 Å². The average Bonchev–Trinajstić information content (AvgIpc) is 2.47. The van der Waals surface area contributed by atoms with Crippen molar-refractivity contribution in [2.24, 2.45) is 5.84 Å². The molecule has 21 heavy (non-hydrogen) atoms. The summed E-state index contributed by atoms with van der Waals surface area (Å²) in [6.45, 7) is -2.86. The van der Waals surface area contributed by atoms with Crippen LogP contribution < -0.4 is 16.0 Å². The van der Waals surface area contributed by atoms with E-state index in [-0.39, 0.29) is 11.8 Å². The molecular formula is C15H15BrF2N2O. The summed E-state index contributed by atoms with van der Waals surface area (Å²) in [6, 6.07) is 14.1. The molecule has 3 N–H and O–H groups in total. The zero-order valence-electron chi connectivity index (χ0n) is 11.1. The molecule has 1 unspecified atom stereocenters. The van der Waals surface area contributed by atoms with E-state index in [1.165, 1.54) is 6.07 Å². The van der Waals surface area contributed by atoms with E-state index < -0.39 is 6.61 Å². The van der Waals surface area contributed by atoms with Gasteiger partial charge in [0.2, 0.25) is 0 Å². The molecule has 1 atom stereocenters. The van der Waals surface area contributed by atoms with E-state index in [1.807, 2.05) is 24.3 Å². The summed E-state index contributed by atoms with van der Waals surface area (Å²) in [5, 5.41) is 0. The number of rotatable bonds is 6. The van der Waals surface area contributed by atoms with E-state index in [2.05, 4.69) is 26.1 Å². The van der Waals surface area contributed by atoms with Crippen LogP contribution in [0.1, 0.15) is 17.2 Å². The SMILES string of the molecule is NNC(Cc1ccc(Br)cc1)c1ccccc1OC(F)F. The summed E-state index contributed by atoms with van der Waals surface area (Å²) < 4.78 is 30.4. The first-order valence-electron chi connectivity index (χ1n) is 6.34. The lowest BCUT2D eigenvalue weighted by Crippen LogP contribution is -2.30. The highest BCUT2D eigenvalue weighted by atomic mass is 79.9. The maximum Gasteiger partial charge on any atom is 0.387 e. The van der Waals surface area contributed by atoms with Gasteiger partial charge in [0.25, 0.3) is 0 Å². The Morgan fingerprint density at radius 2 is 1.76 bits per heavy atom. The molecule has 0 aliphatic rings. The number of ether oxygens (including phenoxy) is 1. The highest BCUT2D eigenvalue weighted by Gasteiger charge is 2.17. The van der Waals surface area contributed by atoms with Gasteiger partial charge in [-0.25, -0.2) is 0 Å². The Morgan fingerprint density at radius 3 is 2.38 bits per heavy atom. The van der Waals surface area contributed by atoms with Gasteiger partial charge in [0.05, 0.1) is 6.04 Å². The quantitative estimate of drug-likeness (QED) is 0.611. The average molecular weight is 357 g/mol. The van der Waals surface area contributed by atoms with Crippen LogP contribution in [0.2, 0.25) is 0 Å². The zero-order valence-corrected chi connectivity index (χ0v) is 12.7. The maximum absolute atomic E-state index is 12.5. The standard InChI is InChI=1S/C15H15BrF2N2O/c16-11-7-5-10(6-8-11)9-13(20-19)12-3-1-2-4-14(12)21-15(17)18/h1-8,13,15,20H,9,19H2. The first-order valence-corrected chi connectivity index (χ1v) is 7.13. The first-order chi connectivity index (χ1) is 10.1. The van der Waals surface area contributed by atoms with Crippen LogP contribution >= 0.6 is 15.9 Å². The van der Waals surface area contributed by atoms with E-state index in [9.17, 15) is 8.78 Å². The third-order valence-corrected chi connectivity index (χ3v) is 3.59. The van der Waals surface area contributed by atoms with Crippen molar-refractivity contribution in [1.82, 2.24) is 5.43 Å². The minimum atomic E-state index is -2.86. The molecule has 0 saturated heterocycles. The molecule has 0 heterocycles. The number of halogens is 3. The number of benzene rings is 2. The van der Waals surface area contributed by atoms with Gasteiger partial charge in [-0.05, 0) is 30.2 Å². The minimum Gasteiger partial charge on any atom is -0.434 e. The molecule has 2 rings (SSSR count). The van der Waals surface area contributed by atoms with Crippen LogP contribution in [-0.2, 0) is 6.42 Å². The molecule has 0 aliphatic carbocycles. The fourth-order valence-electron chi connectivity index (χ4n) is 2.09. The van der Waals surface area contributed by atoms with Crippen molar-refractivity contribution in [2.75, 3.05) is 0 Å². The Morgan fingerprint density at radius 1 is 1.10 bits per heavy atom. The van der Waals surface area contributed by atoms with Gasteiger partial charge in [0, 0.05) is 10.0 Å². The van der Waals surface area contributed by atoms with Crippen molar-refractivity contribution in [2.45, 2.75) is 19.1 Å². The Kier molecular flexibility index (Phi) is 5.67. The topological polar surface area (TPSA) is 47.3 Å². The summed E-state index contributed by atoms with van der Waals surface area (Å²) in [5.41, 5.74) is 4.29. The second kappa shape index (κ2) is 7.49. The lowest BCUT2D eigenvalue weighted by Gasteiger charge is -2.19. The maximum atomic E-state index is 12.5. The largest absolute Gasteiger partial charge is 0.434 e. The Balaban J connectivity index is 2.22. The monoisotopic (exact) mass is 356 g/mol. The molecule has 3 nitrogen and oxygen atoms in total. The van der Waals surface area contributed by atoms with Gasteiger partial charge in [-0.3, -0.25) is 11.3 Å². The number of para-hydroxylation sites is 1. The van der Waals surface area contributed by atoms with Gasteiger partial charge < -0.3 is 4.74 Å². The number of alkyl halides is 2. The van der Waals surface area contributed by atoms with Gasteiger partial charge in [-0.15, -0.1) is 0 Å². The predicted molar refractivity (Wildman–Crippen MR) is 81.0 cm³/mol. The second-order valence-corrected chi connectivity index (χ2v) is 5.38. The number of hydrogen-bond acceptors (Lipinski definition) is 3.